The topological polar surface area (TPSA) is 95.5 Å². The molecule has 0 radical (unpaired) electrons. The summed E-state index contributed by atoms with van der Waals surface area (Å²) in [6.07, 6.45) is -1.46. The molecule has 0 fully saturated rings. The summed E-state index contributed by atoms with van der Waals surface area (Å²) in [5.74, 6) is 0. The van der Waals surface area contributed by atoms with Crippen LogP contribution in [0.1, 0.15) is 13.8 Å². The van der Waals surface area contributed by atoms with Crippen LogP contribution in [0.15, 0.2) is 4.99 Å². The second kappa shape index (κ2) is 9.59. The highest BCUT2D eigenvalue weighted by molar-refractivity contribution is 8.13. The molecule has 2 amide bonds. The number of hydrogen-bond donors (Lipinski definition) is 1. The molecular formula is C10H18N2O6S. The summed E-state index contributed by atoms with van der Waals surface area (Å²) < 4.78 is 19.0. The maximum Gasteiger partial charge on any atom is 0.438 e. The number of amidine groups is 1. The maximum atomic E-state index is 11.4. The van der Waals surface area contributed by atoms with Crippen molar-refractivity contribution in [3.05, 3.63) is 0 Å². The predicted octanol–water partition coefficient (Wildman–Crippen LogP) is 1.55. The van der Waals surface area contributed by atoms with Crippen LogP contribution in [-0.2, 0) is 18.9 Å². The highest BCUT2D eigenvalue weighted by Crippen LogP contribution is 2.01. The molecule has 19 heavy (non-hydrogen) atoms. The van der Waals surface area contributed by atoms with E-state index in [9.17, 15) is 9.59 Å². The summed E-state index contributed by atoms with van der Waals surface area (Å²) >= 11 is 1.05. The zero-order valence-electron chi connectivity index (χ0n) is 11.5. The normalized spacial score (nSPS) is 14.5. The number of carbonyl (C=O) groups excluding carboxylic acids is 2. The first-order chi connectivity index (χ1) is 8.92. The first kappa shape index (κ1) is 17.7. The zero-order valence-corrected chi connectivity index (χ0v) is 12.3. The Morgan fingerprint density at radius 1 is 1.11 bits per heavy atom. The van der Waals surface area contributed by atoms with Gasteiger partial charge in [-0.3, -0.25) is 5.32 Å². The SMILES string of the molecule is COC(C)OC(=O)N=C(NC(=O)OC(C)OC)SC. The Bertz CT molecular complexity index is 336. The molecule has 0 saturated carbocycles. The van der Waals surface area contributed by atoms with Crippen molar-refractivity contribution in [1.82, 2.24) is 5.32 Å². The van der Waals surface area contributed by atoms with E-state index in [1.54, 1.807) is 13.2 Å². The molecule has 9 heteroatoms. The van der Waals surface area contributed by atoms with Crippen molar-refractivity contribution in [1.29, 1.82) is 0 Å². The molecule has 0 spiro atoms. The molecule has 0 rings (SSSR count). The van der Waals surface area contributed by atoms with Crippen LogP contribution < -0.4 is 5.32 Å². The number of aliphatic imine (C=N–C) groups is 1. The molecule has 0 saturated heterocycles. The summed E-state index contributed by atoms with van der Waals surface area (Å²) in [5, 5.41) is 2.33. The molecule has 1 N–H and O–H groups in total. The molecule has 110 valence electrons. The Balaban J connectivity index is 4.40. The lowest BCUT2D eigenvalue weighted by Gasteiger charge is -2.12. The first-order valence-corrected chi connectivity index (χ1v) is 6.51. The molecule has 0 aromatic heterocycles. The molecule has 2 atom stereocenters. The van der Waals surface area contributed by atoms with Crippen molar-refractivity contribution in [3.63, 3.8) is 0 Å². The fourth-order valence-electron chi connectivity index (χ4n) is 0.740. The van der Waals surface area contributed by atoms with Crippen LogP contribution in [0.4, 0.5) is 9.59 Å². The van der Waals surface area contributed by atoms with Gasteiger partial charge in [0.2, 0.25) is 12.6 Å². The van der Waals surface area contributed by atoms with Gasteiger partial charge >= 0.3 is 12.2 Å². The van der Waals surface area contributed by atoms with E-state index in [0.29, 0.717) is 0 Å². The average molecular weight is 294 g/mol. The van der Waals surface area contributed by atoms with Gasteiger partial charge in [-0.15, -0.1) is 0 Å². The van der Waals surface area contributed by atoms with E-state index >= 15 is 0 Å². The van der Waals surface area contributed by atoms with E-state index in [0.717, 1.165) is 11.8 Å². The molecule has 0 aliphatic heterocycles. The van der Waals surface area contributed by atoms with Crippen LogP contribution in [0.5, 0.6) is 0 Å². The number of thioether (sulfide) groups is 1. The minimum atomic E-state index is -0.876. The van der Waals surface area contributed by atoms with E-state index < -0.39 is 24.8 Å². The molecule has 0 aliphatic rings. The number of rotatable bonds is 4. The number of amides is 2. The van der Waals surface area contributed by atoms with Gasteiger partial charge in [0.15, 0.2) is 5.17 Å². The molecule has 8 nitrogen and oxygen atoms in total. The summed E-state index contributed by atoms with van der Waals surface area (Å²) in [4.78, 5) is 26.2. The van der Waals surface area contributed by atoms with Gasteiger partial charge in [-0.05, 0) is 20.1 Å². The first-order valence-electron chi connectivity index (χ1n) is 5.29. The maximum absolute atomic E-state index is 11.4. The van der Waals surface area contributed by atoms with Crippen molar-refractivity contribution >= 4 is 29.1 Å². The Labute approximate surface area is 115 Å². The summed E-state index contributed by atoms with van der Waals surface area (Å²) in [5.41, 5.74) is 0. The Kier molecular flexibility index (Phi) is 8.92. The monoisotopic (exact) mass is 294 g/mol. The van der Waals surface area contributed by atoms with Gasteiger partial charge in [0.25, 0.3) is 0 Å². The third kappa shape index (κ3) is 8.41. The molecule has 0 heterocycles. The molecule has 2 unspecified atom stereocenters. The van der Waals surface area contributed by atoms with E-state index in [1.807, 2.05) is 0 Å². The van der Waals surface area contributed by atoms with Crippen LogP contribution in [0.3, 0.4) is 0 Å². The number of carbonyl (C=O) groups is 2. The van der Waals surface area contributed by atoms with Gasteiger partial charge in [-0.25, -0.2) is 9.59 Å². The van der Waals surface area contributed by atoms with E-state index in [1.165, 1.54) is 21.1 Å². The highest BCUT2D eigenvalue weighted by atomic mass is 32.2. The van der Waals surface area contributed by atoms with Crippen molar-refractivity contribution in [2.24, 2.45) is 4.99 Å². The van der Waals surface area contributed by atoms with Crippen LogP contribution >= 0.6 is 11.8 Å². The Morgan fingerprint density at radius 2 is 1.63 bits per heavy atom. The average Bonchev–Trinajstić information content (AvgIpc) is 2.37. The third-order valence-corrected chi connectivity index (χ3v) is 2.38. The van der Waals surface area contributed by atoms with Gasteiger partial charge in [-0.2, -0.15) is 4.99 Å². The molecule has 0 bridgehead atoms. The second-order valence-corrected chi connectivity index (χ2v) is 3.94. The summed E-state index contributed by atoms with van der Waals surface area (Å²) in [7, 11) is 2.78. The lowest BCUT2D eigenvalue weighted by molar-refractivity contribution is -0.0660. The minimum absolute atomic E-state index is 0.0432. The van der Waals surface area contributed by atoms with Crippen LogP contribution in [0, 0.1) is 0 Å². The second-order valence-electron chi connectivity index (χ2n) is 3.14. The molecule has 0 aliphatic carbocycles. The molecule has 0 aromatic carbocycles. The number of nitrogens with one attached hydrogen (secondary N) is 1. The number of methoxy groups -OCH3 is 2. The minimum Gasteiger partial charge on any atom is -0.420 e. The van der Waals surface area contributed by atoms with Gasteiger partial charge in [0, 0.05) is 14.2 Å². The summed E-state index contributed by atoms with van der Waals surface area (Å²) in [6.45, 7) is 3.08. The quantitative estimate of drug-likeness (QED) is 0.477. The fraction of sp³-hybridized carbons (Fsp3) is 0.700. The van der Waals surface area contributed by atoms with Gasteiger partial charge < -0.3 is 18.9 Å². The standard InChI is InChI=1S/C10H18N2O6S/c1-6(15-3)17-9(13)11-8(19-5)12-10(14)18-7(2)16-4/h6-7H,1-5H3,(H,11,12,13,14). The molecule has 0 aromatic rings. The Hall–Kier alpha value is -1.32. The number of alkyl carbamates (subject to hydrolysis) is 1. The number of ether oxygens (including phenoxy) is 4. The van der Waals surface area contributed by atoms with E-state index in [2.05, 4.69) is 10.3 Å². The lowest BCUT2D eigenvalue weighted by atomic mass is 10.7. The van der Waals surface area contributed by atoms with Crippen LogP contribution in [-0.4, -0.2) is 50.4 Å². The van der Waals surface area contributed by atoms with Crippen molar-refractivity contribution in [2.45, 2.75) is 26.4 Å². The largest absolute Gasteiger partial charge is 0.438 e. The van der Waals surface area contributed by atoms with Crippen LogP contribution in [0.2, 0.25) is 0 Å². The van der Waals surface area contributed by atoms with Crippen LogP contribution in [0.25, 0.3) is 0 Å². The van der Waals surface area contributed by atoms with Crippen molar-refractivity contribution in [3.8, 4) is 0 Å². The van der Waals surface area contributed by atoms with Crippen molar-refractivity contribution < 1.29 is 28.5 Å². The smallest absolute Gasteiger partial charge is 0.420 e. The van der Waals surface area contributed by atoms with Crippen molar-refractivity contribution in [2.75, 3.05) is 20.5 Å². The van der Waals surface area contributed by atoms with Gasteiger partial charge in [-0.1, -0.05) is 11.8 Å². The Morgan fingerprint density at radius 3 is 2.11 bits per heavy atom. The van der Waals surface area contributed by atoms with Gasteiger partial charge in [0.05, 0.1) is 0 Å². The fourth-order valence-corrected chi connectivity index (χ4v) is 1.09. The van der Waals surface area contributed by atoms with Gasteiger partial charge in [0.1, 0.15) is 0 Å². The number of hydrogen-bond acceptors (Lipinski definition) is 7. The lowest BCUT2D eigenvalue weighted by Crippen LogP contribution is -2.32. The van der Waals surface area contributed by atoms with E-state index in [4.69, 9.17) is 18.9 Å². The van der Waals surface area contributed by atoms with E-state index in [-0.39, 0.29) is 5.17 Å². The summed E-state index contributed by atoms with van der Waals surface area (Å²) in [6, 6.07) is 0. The predicted molar refractivity (Wildman–Crippen MR) is 70.0 cm³/mol. The molecular weight excluding hydrogens is 276 g/mol. The third-order valence-electron chi connectivity index (χ3n) is 1.80. The zero-order chi connectivity index (χ0) is 14.8. The highest BCUT2D eigenvalue weighted by Gasteiger charge is 2.13. The number of nitrogens with zero attached hydrogens (tertiary/aromatic N) is 1.